The molecule has 1 aromatic heterocycles. The third-order valence-electron chi connectivity index (χ3n) is 3.01. The van der Waals surface area contributed by atoms with Crippen molar-refractivity contribution in [2.45, 2.75) is 6.54 Å². The van der Waals surface area contributed by atoms with E-state index < -0.39 is 0 Å². The maximum atomic E-state index is 12.9. The molecule has 1 N–H and O–H groups in total. The number of halogens is 1. The Morgan fingerprint density at radius 3 is 2.50 bits per heavy atom. The van der Waals surface area contributed by atoms with Crippen molar-refractivity contribution < 1.29 is 4.39 Å². The van der Waals surface area contributed by atoms with Crippen LogP contribution in [0.5, 0.6) is 0 Å². The highest BCUT2D eigenvalue weighted by atomic mass is 19.1. The van der Waals surface area contributed by atoms with Gasteiger partial charge in [-0.1, -0.05) is 30.3 Å². The first-order valence-corrected chi connectivity index (χ1v) is 6.39. The Bertz CT molecular complexity index is 674. The first kappa shape index (κ1) is 12.4. The number of anilines is 2. The molecule has 0 aliphatic rings. The van der Waals surface area contributed by atoms with Crippen LogP contribution in [0.2, 0.25) is 0 Å². The second kappa shape index (κ2) is 5.57. The number of nitrogens with one attached hydrogen (secondary N) is 1. The molecule has 0 saturated carbocycles. The lowest BCUT2D eigenvalue weighted by atomic mass is 10.2. The number of imidazole rings is 1. The average molecular weight is 267 g/mol. The van der Waals surface area contributed by atoms with Crippen molar-refractivity contribution in [3.63, 3.8) is 0 Å². The van der Waals surface area contributed by atoms with E-state index in [1.807, 2.05) is 41.1 Å². The van der Waals surface area contributed by atoms with E-state index in [1.54, 1.807) is 18.3 Å². The summed E-state index contributed by atoms with van der Waals surface area (Å²) in [6.45, 7) is 0.648. The molecule has 0 saturated heterocycles. The number of rotatable bonds is 4. The summed E-state index contributed by atoms with van der Waals surface area (Å²) in [6.07, 6.45) is 3.64. The molecule has 0 fully saturated rings. The van der Waals surface area contributed by atoms with Gasteiger partial charge in [0.05, 0.1) is 6.54 Å². The van der Waals surface area contributed by atoms with Crippen LogP contribution in [0.15, 0.2) is 67.0 Å². The summed E-state index contributed by atoms with van der Waals surface area (Å²) in [5, 5.41) is 3.26. The first-order valence-electron chi connectivity index (χ1n) is 6.39. The van der Waals surface area contributed by atoms with Gasteiger partial charge in [-0.2, -0.15) is 0 Å². The summed E-state index contributed by atoms with van der Waals surface area (Å²) >= 11 is 0. The van der Waals surface area contributed by atoms with E-state index in [9.17, 15) is 4.39 Å². The van der Waals surface area contributed by atoms with Gasteiger partial charge in [-0.25, -0.2) is 9.37 Å². The number of nitrogens with zero attached hydrogens (tertiary/aromatic N) is 2. The molecule has 2 aromatic carbocycles. The molecule has 1 heterocycles. The van der Waals surface area contributed by atoms with Gasteiger partial charge >= 0.3 is 0 Å². The zero-order chi connectivity index (χ0) is 13.8. The number of para-hydroxylation sites is 1. The van der Waals surface area contributed by atoms with Crippen LogP contribution < -0.4 is 5.32 Å². The Kier molecular flexibility index (Phi) is 3.46. The maximum absolute atomic E-state index is 12.9. The largest absolute Gasteiger partial charge is 0.326 e. The smallest absolute Gasteiger partial charge is 0.207 e. The van der Waals surface area contributed by atoms with E-state index in [0.717, 1.165) is 17.2 Å². The van der Waals surface area contributed by atoms with Crippen LogP contribution in [0.4, 0.5) is 16.0 Å². The first-order chi connectivity index (χ1) is 9.81. The molecule has 100 valence electrons. The topological polar surface area (TPSA) is 29.9 Å². The molecule has 0 spiro atoms. The molecule has 0 aliphatic heterocycles. The fourth-order valence-corrected chi connectivity index (χ4v) is 2.00. The molecule has 0 bridgehead atoms. The predicted octanol–water partition coefficient (Wildman–Crippen LogP) is 3.81. The van der Waals surface area contributed by atoms with Crippen molar-refractivity contribution >= 4 is 11.6 Å². The summed E-state index contributed by atoms with van der Waals surface area (Å²) in [5.41, 5.74) is 2.01. The lowest BCUT2D eigenvalue weighted by Crippen LogP contribution is -2.04. The molecule has 0 amide bonds. The molecule has 3 rings (SSSR count). The van der Waals surface area contributed by atoms with E-state index in [2.05, 4.69) is 10.3 Å². The van der Waals surface area contributed by atoms with E-state index in [0.29, 0.717) is 6.54 Å². The number of benzene rings is 2. The van der Waals surface area contributed by atoms with E-state index in [-0.39, 0.29) is 5.82 Å². The molecule has 0 radical (unpaired) electrons. The summed E-state index contributed by atoms with van der Waals surface area (Å²) < 4.78 is 14.9. The summed E-state index contributed by atoms with van der Waals surface area (Å²) in [5.74, 6) is 0.544. The van der Waals surface area contributed by atoms with Crippen LogP contribution in [0, 0.1) is 5.82 Å². The summed E-state index contributed by atoms with van der Waals surface area (Å²) in [4.78, 5) is 4.30. The molecule has 0 atom stereocenters. The molecule has 3 nitrogen and oxygen atoms in total. The minimum absolute atomic E-state index is 0.220. The van der Waals surface area contributed by atoms with Crippen molar-refractivity contribution in [1.29, 1.82) is 0 Å². The molecule has 0 unspecified atom stereocenters. The minimum Gasteiger partial charge on any atom is -0.326 e. The van der Waals surface area contributed by atoms with Crippen molar-refractivity contribution in [3.05, 3.63) is 78.4 Å². The third kappa shape index (κ3) is 2.85. The van der Waals surface area contributed by atoms with Gasteiger partial charge in [-0.3, -0.25) is 0 Å². The molecule has 0 aliphatic carbocycles. The Morgan fingerprint density at radius 1 is 1.00 bits per heavy atom. The number of hydrogen-bond donors (Lipinski definition) is 1. The van der Waals surface area contributed by atoms with Gasteiger partial charge in [-0.15, -0.1) is 0 Å². The van der Waals surface area contributed by atoms with Crippen molar-refractivity contribution in [3.8, 4) is 0 Å². The van der Waals surface area contributed by atoms with Gasteiger partial charge in [0.2, 0.25) is 5.95 Å². The van der Waals surface area contributed by atoms with Crippen molar-refractivity contribution in [2.24, 2.45) is 0 Å². The van der Waals surface area contributed by atoms with Crippen LogP contribution >= 0.6 is 0 Å². The number of hydrogen-bond acceptors (Lipinski definition) is 2. The standard InChI is InChI=1S/C16H14FN3/c17-14-8-6-13(7-9-14)12-20-11-10-18-16(20)19-15-4-2-1-3-5-15/h1-11H,12H2,(H,18,19). The highest BCUT2D eigenvalue weighted by Crippen LogP contribution is 2.15. The monoisotopic (exact) mass is 267 g/mol. The fraction of sp³-hybridized carbons (Fsp3) is 0.0625. The molecular weight excluding hydrogens is 253 g/mol. The van der Waals surface area contributed by atoms with E-state index >= 15 is 0 Å². The summed E-state index contributed by atoms with van der Waals surface area (Å²) in [7, 11) is 0. The van der Waals surface area contributed by atoms with E-state index in [1.165, 1.54) is 12.1 Å². The van der Waals surface area contributed by atoms with Crippen LogP contribution in [-0.4, -0.2) is 9.55 Å². The second-order valence-electron chi connectivity index (χ2n) is 4.50. The van der Waals surface area contributed by atoms with Crippen LogP contribution in [0.25, 0.3) is 0 Å². The number of aromatic nitrogens is 2. The van der Waals surface area contributed by atoms with Crippen LogP contribution in [0.1, 0.15) is 5.56 Å². The third-order valence-corrected chi connectivity index (χ3v) is 3.01. The van der Waals surface area contributed by atoms with Crippen LogP contribution in [0.3, 0.4) is 0 Å². The van der Waals surface area contributed by atoms with Gasteiger partial charge < -0.3 is 9.88 Å². The second-order valence-corrected chi connectivity index (χ2v) is 4.50. The SMILES string of the molecule is Fc1ccc(Cn2ccnc2Nc2ccccc2)cc1. The maximum Gasteiger partial charge on any atom is 0.207 e. The van der Waals surface area contributed by atoms with Crippen LogP contribution in [-0.2, 0) is 6.54 Å². The Morgan fingerprint density at radius 2 is 1.75 bits per heavy atom. The van der Waals surface area contributed by atoms with Gasteiger partial charge in [0.15, 0.2) is 0 Å². The van der Waals surface area contributed by atoms with E-state index in [4.69, 9.17) is 0 Å². The van der Waals surface area contributed by atoms with Crippen molar-refractivity contribution in [1.82, 2.24) is 9.55 Å². The van der Waals surface area contributed by atoms with Crippen molar-refractivity contribution in [2.75, 3.05) is 5.32 Å². The van der Waals surface area contributed by atoms with Gasteiger partial charge in [-0.05, 0) is 29.8 Å². The van der Waals surface area contributed by atoms with Gasteiger partial charge in [0.1, 0.15) is 5.82 Å². The quantitative estimate of drug-likeness (QED) is 0.779. The predicted molar refractivity (Wildman–Crippen MR) is 77.5 cm³/mol. The molecule has 4 heteroatoms. The lowest BCUT2D eigenvalue weighted by Gasteiger charge is -2.10. The molecular formula is C16H14FN3. The van der Waals surface area contributed by atoms with Gasteiger partial charge in [0.25, 0.3) is 0 Å². The zero-order valence-electron chi connectivity index (χ0n) is 10.8. The normalized spacial score (nSPS) is 10.4. The average Bonchev–Trinajstić information content (AvgIpc) is 2.90. The molecule has 3 aromatic rings. The lowest BCUT2D eigenvalue weighted by molar-refractivity contribution is 0.626. The Balaban J connectivity index is 1.78. The highest BCUT2D eigenvalue weighted by molar-refractivity contribution is 5.53. The fourth-order valence-electron chi connectivity index (χ4n) is 2.00. The highest BCUT2D eigenvalue weighted by Gasteiger charge is 2.04. The Hall–Kier alpha value is -2.62. The minimum atomic E-state index is -0.220. The van der Waals surface area contributed by atoms with Gasteiger partial charge in [0, 0.05) is 18.1 Å². The summed E-state index contributed by atoms with van der Waals surface area (Å²) in [6, 6.07) is 16.4. The molecule has 20 heavy (non-hydrogen) atoms. The zero-order valence-corrected chi connectivity index (χ0v) is 10.8. The Labute approximate surface area is 116 Å².